The quantitative estimate of drug-likeness (QED) is 0.617. The summed E-state index contributed by atoms with van der Waals surface area (Å²) in [5, 5.41) is 0. The van der Waals surface area contributed by atoms with Gasteiger partial charge in [0.2, 0.25) is 0 Å². The molecule has 0 fully saturated rings. The molecule has 2 nitrogen and oxygen atoms in total. The van der Waals surface area contributed by atoms with Gasteiger partial charge in [-0.25, -0.2) is 0 Å². The van der Waals surface area contributed by atoms with Crippen molar-refractivity contribution in [2.24, 2.45) is 11.8 Å². The molecule has 0 heterocycles. The minimum atomic E-state index is 0.560. The Morgan fingerprint density at radius 1 is 0.643 bits per heavy atom. The number of rotatable bonds is 7. The molecule has 0 aromatic heterocycles. The van der Waals surface area contributed by atoms with Crippen LogP contribution in [0.1, 0.15) is 54.4 Å². The molecule has 86 valence electrons. The molecular formula is C12H28N2. The molecule has 2 atom stereocenters. The molecule has 0 bridgehead atoms. The van der Waals surface area contributed by atoms with Gasteiger partial charge in [0, 0.05) is 12.1 Å². The standard InChI is InChI=1S/C12H28N2/c1-9(2)7-11(5)13-14-12(6)8-10(3)4/h9-14H,7-8H2,1-6H3. The zero-order valence-corrected chi connectivity index (χ0v) is 10.7. The molecule has 0 aromatic carbocycles. The third kappa shape index (κ3) is 8.52. The van der Waals surface area contributed by atoms with Gasteiger partial charge < -0.3 is 0 Å². The van der Waals surface area contributed by atoms with E-state index in [2.05, 4.69) is 52.4 Å². The van der Waals surface area contributed by atoms with Gasteiger partial charge in [0.15, 0.2) is 0 Å². The van der Waals surface area contributed by atoms with Gasteiger partial charge in [0.1, 0.15) is 0 Å². The first-order chi connectivity index (χ1) is 6.41. The smallest absolute Gasteiger partial charge is 0.0187 e. The third-order valence-electron chi connectivity index (χ3n) is 2.23. The average Bonchev–Trinajstić information content (AvgIpc) is 1.98. The summed E-state index contributed by atoms with van der Waals surface area (Å²) < 4.78 is 0. The van der Waals surface area contributed by atoms with E-state index in [1.807, 2.05) is 0 Å². The fraction of sp³-hybridized carbons (Fsp3) is 1.00. The molecule has 2 heteroatoms. The Labute approximate surface area is 89.8 Å². The van der Waals surface area contributed by atoms with Crippen molar-refractivity contribution in [3.63, 3.8) is 0 Å². The predicted octanol–water partition coefficient (Wildman–Crippen LogP) is 2.95. The van der Waals surface area contributed by atoms with Crippen molar-refractivity contribution in [1.29, 1.82) is 0 Å². The first-order valence-corrected chi connectivity index (χ1v) is 5.92. The van der Waals surface area contributed by atoms with Gasteiger partial charge >= 0.3 is 0 Å². The molecule has 0 spiro atoms. The Balaban J connectivity index is 3.50. The maximum atomic E-state index is 3.37. The van der Waals surface area contributed by atoms with Gasteiger partial charge in [-0.1, -0.05) is 27.7 Å². The summed E-state index contributed by atoms with van der Waals surface area (Å²) in [7, 11) is 0. The van der Waals surface area contributed by atoms with E-state index in [1.165, 1.54) is 12.8 Å². The summed E-state index contributed by atoms with van der Waals surface area (Å²) in [6, 6.07) is 1.12. The Hall–Kier alpha value is -0.0800. The van der Waals surface area contributed by atoms with Crippen molar-refractivity contribution >= 4 is 0 Å². The Morgan fingerprint density at radius 2 is 0.929 bits per heavy atom. The van der Waals surface area contributed by atoms with Gasteiger partial charge in [-0.05, 0) is 38.5 Å². The van der Waals surface area contributed by atoms with Gasteiger partial charge in [-0.3, -0.25) is 10.9 Å². The Kier molecular flexibility index (Phi) is 7.20. The molecule has 2 unspecified atom stereocenters. The molecule has 0 radical (unpaired) electrons. The van der Waals surface area contributed by atoms with E-state index in [4.69, 9.17) is 0 Å². The van der Waals surface area contributed by atoms with E-state index in [1.54, 1.807) is 0 Å². The van der Waals surface area contributed by atoms with Crippen molar-refractivity contribution in [2.45, 2.75) is 66.5 Å². The minimum Gasteiger partial charge on any atom is -0.255 e. The van der Waals surface area contributed by atoms with Crippen LogP contribution in [0.4, 0.5) is 0 Å². The second kappa shape index (κ2) is 7.24. The van der Waals surface area contributed by atoms with Crippen molar-refractivity contribution in [3.8, 4) is 0 Å². The first kappa shape index (κ1) is 13.9. The molecule has 0 aliphatic carbocycles. The lowest BCUT2D eigenvalue weighted by Gasteiger charge is -2.21. The Bertz CT molecular complexity index is 116. The van der Waals surface area contributed by atoms with E-state index in [-0.39, 0.29) is 0 Å². The maximum absolute atomic E-state index is 3.37. The monoisotopic (exact) mass is 200 g/mol. The summed E-state index contributed by atoms with van der Waals surface area (Å²) in [6.45, 7) is 13.5. The highest BCUT2D eigenvalue weighted by molar-refractivity contribution is 4.64. The van der Waals surface area contributed by atoms with Gasteiger partial charge in [-0.2, -0.15) is 0 Å². The zero-order chi connectivity index (χ0) is 11.1. The molecule has 0 aliphatic heterocycles. The second-order valence-corrected chi connectivity index (χ2v) is 5.35. The first-order valence-electron chi connectivity index (χ1n) is 5.92. The van der Waals surface area contributed by atoms with Crippen LogP contribution in [-0.2, 0) is 0 Å². The molecule has 0 aliphatic rings. The van der Waals surface area contributed by atoms with E-state index in [0.29, 0.717) is 12.1 Å². The van der Waals surface area contributed by atoms with Crippen LogP contribution in [0.15, 0.2) is 0 Å². The Morgan fingerprint density at radius 3 is 1.14 bits per heavy atom. The summed E-state index contributed by atoms with van der Waals surface area (Å²) in [6.07, 6.45) is 2.45. The SMILES string of the molecule is CC(C)CC(C)NNC(C)CC(C)C. The topological polar surface area (TPSA) is 24.1 Å². The zero-order valence-electron chi connectivity index (χ0n) is 10.7. The third-order valence-corrected chi connectivity index (χ3v) is 2.23. The fourth-order valence-corrected chi connectivity index (χ4v) is 1.82. The lowest BCUT2D eigenvalue weighted by atomic mass is 10.1. The van der Waals surface area contributed by atoms with Crippen LogP contribution in [0.25, 0.3) is 0 Å². The van der Waals surface area contributed by atoms with E-state index in [0.717, 1.165) is 11.8 Å². The highest BCUT2D eigenvalue weighted by atomic mass is 15.4. The number of nitrogens with one attached hydrogen (secondary N) is 2. The largest absolute Gasteiger partial charge is 0.255 e. The van der Waals surface area contributed by atoms with Crippen molar-refractivity contribution in [3.05, 3.63) is 0 Å². The molecule has 0 saturated carbocycles. The van der Waals surface area contributed by atoms with Gasteiger partial charge in [0.25, 0.3) is 0 Å². The van der Waals surface area contributed by atoms with E-state index >= 15 is 0 Å². The summed E-state index contributed by atoms with van der Waals surface area (Å²) >= 11 is 0. The van der Waals surface area contributed by atoms with Crippen LogP contribution in [0.5, 0.6) is 0 Å². The van der Waals surface area contributed by atoms with Gasteiger partial charge in [0.05, 0.1) is 0 Å². The fourth-order valence-electron chi connectivity index (χ4n) is 1.82. The number of hydrogen-bond acceptors (Lipinski definition) is 2. The molecule has 0 amide bonds. The molecule has 0 rings (SSSR count). The summed E-state index contributed by atoms with van der Waals surface area (Å²) in [5.41, 5.74) is 6.74. The molecule has 0 saturated heterocycles. The van der Waals surface area contributed by atoms with Crippen LogP contribution in [0.3, 0.4) is 0 Å². The molecular weight excluding hydrogens is 172 g/mol. The van der Waals surface area contributed by atoms with Crippen molar-refractivity contribution in [2.75, 3.05) is 0 Å². The van der Waals surface area contributed by atoms with Gasteiger partial charge in [-0.15, -0.1) is 0 Å². The van der Waals surface area contributed by atoms with Crippen LogP contribution in [-0.4, -0.2) is 12.1 Å². The van der Waals surface area contributed by atoms with E-state index in [9.17, 15) is 0 Å². The normalized spacial score (nSPS) is 16.3. The lowest BCUT2D eigenvalue weighted by molar-refractivity contribution is 0.331. The van der Waals surface area contributed by atoms with E-state index < -0.39 is 0 Å². The summed E-state index contributed by atoms with van der Waals surface area (Å²) in [4.78, 5) is 0. The average molecular weight is 200 g/mol. The molecule has 0 aromatic rings. The highest BCUT2D eigenvalue weighted by Crippen LogP contribution is 2.05. The van der Waals surface area contributed by atoms with Crippen LogP contribution in [0, 0.1) is 11.8 Å². The minimum absolute atomic E-state index is 0.560. The number of hydrogen-bond donors (Lipinski definition) is 2. The molecule has 14 heavy (non-hydrogen) atoms. The maximum Gasteiger partial charge on any atom is 0.0187 e. The highest BCUT2D eigenvalue weighted by Gasteiger charge is 2.07. The summed E-state index contributed by atoms with van der Waals surface area (Å²) in [5.74, 6) is 1.53. The lowest BCUT2D eigenvalue weighted by Crippen LogP contribution is -2.45. The van der Waals surface area contributed by atoms with Crippen LogP contribution < -0.4 is 10.9 Å². The number of hydrazine groups is 1. The molecule has 2 N–H and O–H groups in total. The van der Waals surface area contributed by atoms with Crippen molar-refractivity contribution < 1.29 is 0 Å². The van der Waals surface area contributed by atoms with Crippen LogP contribution >= 0.6 is 0 Å². The second-order valence-electron chi connectivity index (χ2n) is 5.35. The predicted molar refractivity (Wildman–Crippen MR) is 64.1 cm³/mol. The van der Waals surface area contributed by atoms with Crippen molar-refractivity contribution in [1.82, 2.24) is 10.9 Å². The van der Waals surface area contributed by atoms with Crippen LogP contribution in [0.2, 0.25) is 0 Å².